The van der Waals surface area contributed by atoms with Crippen molar-refractivity contribution in [1.29, 1.82) is 5.26 Å². The van der Waals surface area contributed by atoms with Gasteiger partial charge in [0.25, 0.3) is 0 Å². The van der Waals surface area contributed by atoms with Gasteiger partial charge in [0.05, 0.1) is 0 Å². The molecule has 1 aromatic heterocycles. The predicted molar refractivity (Wildman–Crippen MR) is 61.5 cm³/mol. The number of hydrogen-bond acceptors (Lipinski definition) is 4. The van der Waals surface area contributed by atoms with E-state index < -0.39 is 10.0 Å². The fraction of sp³-hybridized carbons (Fsp3) is 0.300. The first kappa shape index (κ1) is 11.3. The van der Waals surface area contributed by atoms with Crippen LogP contribution in [0.1, 0.15) is 17.7 Å². The van der Waals surface area contributed by atoms with Crippen LogP contribution in [0.15, 0.2) is 28.5 Å². The zero-order valence-corrected chi connectivity index (χ0v) is 10.0. The number of rotatable bonds is 3. The van der Waals surface area contributed by atoms with Crippen molar-refractivity contribution < 1.29 is 8.42 Å². The summed E-state index contributed by atoms with van der Waals surface area (Å²) >= 11 is 0.991. The van der Waals surface area contributed by atoms with Crippen LogP contribution in [-0.4, -0.2) is 14.5 Å². The van der Waals surface area contributed by atoms with Crippen molar-refractivity contribution >= 4 is 21.4 Å². The summed E-state index contributed by atoms with van der Waals surface area (Å²) in [7, 11) is -3.46. The number of nitrogens with one attached hydrogen (secondary N) is 1. The van der Waals surface area contributed by atoms with Crippen LogP contribution in [0.4, 0.5) is 0 Å². The van der Waals surface area contributed by atoms with Gasteiger partial charge in [0.15, 0.2) is 0 Å². The highest BCUT2D eigenvalue weighted by molar-refractivity contribution is 7.91. The lowest BCUT2D eigenvalue weighted by atomic mass is 10.3. The van der Waals surface area contributed by atoms with Crippen LogP contribution in [0, 0.1) is 11.3 Å². The molecule has 0 radical (unpaired) electrons. The van der Waals surface area contributed by atoms with E-state index in [1.165, 1.54) is 12.1 Å². The Bertz CT molecular complexity index is 544. The minimum absolute atomic E-state index is 0.0439. The van der Waals surface area contributed by atoms with Gasteiger partial charge in [0, 0.05) is 6.04 Å². The van der Waals surface area contributed by atoms with Crippen molar-refractivity contribution in [2.45, 2.75) is 23.1 Å². The standard InChI is InChI=1S/C10H10N2O2S2/c11-7-9-5-6-10(15-9)16(13,14)12-8-3-1-2-4-8/h1-2,5-6,8,12H,3-4H2. The highest BCUT2D eigenvalue weighted by Crippen LogP contribution is 2.22. The molecule has 0 aromatic carbocycles. The van der Waals surface area contributed by atoms with Gasteiger partial charge in [-0.15, -0.1) is 11.3 Å². The molecule has 1 aliphatic carbocycles. The van der Waals surface area contributed by atoms with Crippen molar-refractivity contribution in [1.82, 2.24) is 4.72 Å². The molecule has 0 unspecified atom stereocenters. The number of nitriles is 1. The minimum Gasteiger partial charge on any atom is -0.207 e. The van der Waals surface area contributed by atoms with Crippen LogP contribution in [-0.2, 0) is 10.0 Å². The zero-order valence-electron chi connectivity index (χ0n) is 8.38. The summed E-state index contributed by atoms with van der Waals surface area (Å²) in [5, 5.41) is 8.64. The molecule has 0 amide bonds. The lowest BCUT2D eigenvalue weighted by Gasteiger charge is -2.10. The molecule has 0 fully saturated rings. The molecular weight excluding hydrogens is 244 g/mol. The Morgan fingerprint density at radius 2 is 2.06 bits per heavy atom. The molecule has 0 saturated heterocycles. The SMILES string of the molecule is N#Cc1ccc(S(=O)(=O)NC2CC=CC2)s1. The smallest absolute Gasteiger partial charge is 0.207 e. The minimum atomic E-state index is -3.46. The molecular formula is C10H10N2O2S2. The zero-order chi connectivity index (χ0) is 11.6. The maximum atomic E-state index is 11.9. The van der Waals surface area contributed by atoms with E-state index in [4.69, 9.17) is 5.26 Å². The number of hydrogen-bond donors (Lipinski definition) is 1. The molecule has 16 heavy (non-hydrogen) atoms. The molecule has 1 aliphatic rings. The van der Waals surface area contributed by atoms with E-state index in [1.807, 2.05) is 18.2 Å². The number of sulfonamides is 1. The van der Waals surface area contributed by atoms with E-state index >= 15 is 0 Å². The Morgan fingerprint density at radius 3 is 2.62 bits per heavy atom. The Balaban J connectivity index is 2.15. The largest absolute Gasteiger partial charge is 0.250 e. The Kier molecular flexibility index (Phi) is 3.10. The Morgan fingerprint density at radius 1 is 1.38 bits per heavy atom. The summed E-state index contributed by atoms with van der Waals surface area (Å²) in [4.78, 5) is 0.407. The highest BCUT2D eigenvalue weighted by Gasteiger charge is 2.22. The van der Waals surface area contributed by atoms with E-state index in [0.29, 0.717) is 4.88 Å². The second kappa shape index (κ2) is 4.37. The van der Waals surface area contributed by atoms with Gasteiger partial charge in [0.2, 0.25) is 10.0 Å². The second-order valence-electron chi connectivity index (χ2n) is 3.49. The van der Waals surface area contributed by atoms with Gasteiger partial charge in [0.1, 0.15) is 15.2 Å². The third kappa shape index (κ3) is 2.32. The molecule has 6 heteroatoms. The summed E-state index contributed by atoms with van der Waals surface area (Å²) in [6, 6.07) is 4.87. The maximum Gasteiger partial charge on any atom is 0.250 e. The number of thiophene rings is 1. The maximum absolute atomic E-state index is 11.9. The van der Waals surface area contributed by atoms with Gasteiger partial charge in [-0.1, -0.05) is 12.2 Å². The summed E-state index contributed by atoms with van der Waals surface area (Å²) in [5.74, 6) is 0. The molecule has 1 heterocycles. The molecule has 0 bridgehead atoms. The van der Waals surface area contributed by atoms with Crippen LogP contribution < -0.4 is 4.72 Å². The first-order valence-corrected chi connectivity index (χ1v) is 7.09. The molecule has 84 valence electrons. The normalized spacial score (nSPS) is 16.4. The molecule has 1 N–H and O–H groups in total. The average Bonchev–Trinajstić information content (AvgIpc) is 2.85. The molecule has 2 rings (SSSR count). The third-order valence-electron chi connectivity index (χ3n) is 2.29. The fourth-order valence-electron chi connectivity index (χ4n) is 1.52. The number of nitrogens with zero attached hydrogens (tertiary/aromatic N) is 1. The Hall–Kier alpha value is -1.16. The molecule has 1 aromatic rings. The fourth-order valence-corrected chi connectivity index (χ4v) is 3.90. The van der Waals surface area contributed by atoms with Gasteiger partial charge < -0.3 is 0 Å². The summed E-state index contributed by atoms with van der Waals surface area (Å²) in [6.45, 7) is 0. The van der Waals surface area contributed by atoms with Crippen molar-refractivity contribution in [3.05, 3.63) is 29.2 Å². The van der Waals surface area contributed by atoms with Crippen molar-refractivity contribution in [2.24, 2.45) is 0 Å². The average molecular weight is 254 g/mol. The molecule has 4 nitrogen and oxygen atoms in total. The van der Waals surface area contributed by atoms with E-state index in [1.54, 1.807) is 0 Å². The van der Waals surface area contributed by atoms with E-state index in [-0.39, 0.29) is 10.3 Å². The topological polar surface area (TPSA) is 70.0 Å². The summed E-state index contributed by atoms with van der Waals surface area (Å²) < 4.78 is 26.6. The Labute approximate surface area is 98.3 Å². The van der Waals surface area contributed by atoms with Crippen LogP contribution >= 0.6 is 11.3 Å². The van der Waals surface area contributed by atoms with Gasteiger partial charge in [-0.2, -0.15) is 5.26 Å². The predicted octanol–water partition coefficient (Wildman–Crippen LogP) is 1.62. The first-order chi connectivity index (χ1) is 7.62. The van der Waals surface area contributed by atoms with E-state index in [9.17, 15) is 8.42 Å². The van der Waals surface area contributed by atoms with Crippen LogP contribution in [0.2, 0.25) is 0 Å². The molecule has 0 saturated carbocycles. The lowest BCUT2D eigenvalue weighted by Crippen LogP contribution is -2.32. The van der Waals surface area contributed by atoms with Gasteiger partial charge in [-0.3, -0.25) is 0 Å². The van der Waals surface area contributed by atoms with E-state index in [0.717, 1.165) is 24.2 Å². The van der Waals surface area contributed by atoms with Crippen molar-refractivity contribution in [3.8, 4) is 6.07 Å². The molecule has 0 aliphatic heterocycles. The van der Waals surface area contributed by atoms with Gasteiger partial charge in [-0.05, 0) is 25.0 Å². The second-order valence-corrected chi connectivity index (χ2v) is 6.52. The van der Waals surface area contributed by atoms with Crippen LogP contribution in [0.5, 0.6) is 0 Å². The third-order valence-corrected chi connectivity index (χ3v) is 5.29. The van der Waals surface area contributed by atoms with E-state index in [2.05, 4.69) is 4.72 Å². The van der Waals surface area contributed by atoms with Crippen molar-refractivity contribution in [3.63, 3.8) is 0 Å². The van der Waals surface area contributed by atoms with Gasteiger partial charge in [-0.25, -0.2) is 13.1 Å². The first-order valence-electron chi connectivity index (χ1n) is 4.79. The lowest BCUT2D eigenvalue weighted by molar-refractivity contribution is 0.559. The van der Waals surface area contributed by atoms with Crippen molar-refractivity contribution in [2.75, 3.05) is 0 Å². The molecule has 0 atom stereocenters. The highest BCUT2D eigenvalue weighted by atomic mass is 32.2. The van der Waals surface area contributed by atoms with Crippen LogP contribution in [0.3, 0.4) is 0 Å². The van der Waals surface area contributed by atoms with Gasteiger partial charge >= 0.3 is 0 Å². The summed E-state index contributed by atoms with van der Waals surface area (Å²) in [6.07, 6.45) is 5.38. The quantitative estimate of drug-likeness (QED) is 0.833. The summed E-state index contributed by atoms with van der Waals surface area (Å²) in [5.41, 5.74) is 0. The monoisotopic (exact) mass is 254 g/mol. The molecule has 0 spiro atoms. The van der Waals surface area contributed by atoms with Crippen LogP contribution in [0.25, 0.3) is 0 Å².